The molecule has 1 unspecified atom stereocenters. The predicted octanol–water partition coefficient (Wildman–Crippen LogP) is 1.77. The van der Waals surface area contributed by atoms with Gasteiger partial charge in [-0.2, -0.15) is 0 Å². The molecule has 2 heteroatoms. The Morgan fingerprint density at radius 3 is 2.43 bits per heavy atom. The van der Waals surface area contributed by atoms with Crippen LogP contribution in [0.4, 0.5) is 0 Å². The Bertz CT molecular complexity index is 148. The van der Waals surface area contributed by atoms with E-state index in [-0.39, 0.29) is 0 Å². The van der Waals surface area contributed by atoms with Crippen molar-refractivity contribution >= 4 is 0 Å². The van der Waals surface area contributed by atoms with Crippen molar-refractivity contribution < 1.29 is 0 Å². The molecule has 0 radical (unpaired) electrons. The summed E-state index contributed by atoms with van der Waals surface area (Å²) in [6.07, 6.45) is 8.60. The van der Waals surface area contributed by atoms with Crippen molar-refractivity contribution in [2.24, 2.45) is 11.8 Å². The second-order valence-corrected chi connectivity index (χ2v) is 4.98. The normalized spacial score (nSPS) is 27.9. The van der Waals surface area contributed by atoms with Gasteiger partial charge in [-0.1, -0.05) is 12.8 Å². The van der Waals surface area contributed by atoms with E-state index in [1.165, 1.54) is 64.7 Å². The molecule has 0 amide bonds. The summed E-state index contributed by atoms with van der Waals surface area (Å²) in [7, 11) is 0. The van der Waals surface area contributed by atoms with E-state index in [1.807, 2.05) is 0 Å². The zero-order valence-electron chi connectivity index (χ0n) is 9.23. The molecule has 0 aromatic heterocycles. The minimum atomic E-state index is 0.942. The van der Waals surface area contributed by atoms with Crippen LogP contribution in [0.25, 0.3) is 0 Å². The smallest absolute Gasteiger partial charge is 0.00200 e. The Labute approximate surface area is 87.8 Å². The van der Waals surface area contributed by atoms with Crippen LogP contribution in [0.1, 0.15) is 38.5 Å². The Balaban J connectivity index is 1.41. The number of rotatable bonds is 6. The van der Waals surface area contributed by atoms with Crippen molar-refractivity contribution in [1.82, 2.24) is 10.6 Å². The van der Waals surface area contributed by atoms with Crippen molar-refractivity contribution in [1.29, 1.82) is 0 Å². The highest BCUT2D eigenvalue weighted by Gasteiger charge is 2.20. The van der Waals surface area contributed by atoms with E-state index in [1.54, 1.807) is 0 Å². The van der Waals surface area contributed by atoms with Gasteiger partial charge < -0.3 is 10.6 Å². The number of nitrogens with one attached hydrogen (secondary N) is 2. The zero-order chi connectivity index (χ0) is 9.64. The molecule has 2 fully saturated rings. The van der Waals surface area contributed by atoms with Crippen LogP contribution in [0.15, 0.2) is 0 Å². The highest BCUT2D eigenvalue weighted by atomic mass is 14.9. The topological polar surface area (TPSA) is 24.1 Å². The summed E-state index contributed by atoms with van der Waals surface area (Å²) < 4.78 is 0. The lowest BCUT2D eigenvalue weighted by Gasteiger charge is -2.22. The number of hydrogen-bond donors (Lipinski definition) is 2. The highest BCUT2D eigenvalue weighted by molar-refractivity contribution is 4.74. The predicted molar refractivity (Wildman–Crippen MR) is 60.4 cm³/mol. The molecule has 1 aliphatic heterocycles. The highest BCUT2D eigenvalue weighted by Crippen LogP contribution is 2.31. The Kier molecular flexibility index (Phi) is 4.26. The maximum atomic E-state index is 3.58. The summed E-state index contributed by atoms with van der Waals surface area (Å²) in [6.45, 7) is 4.99. The van der Waals surface area contributed by atoms with E-state index < -0.39 is 0 Å². The molecule has 0 spiro atoms. The molecule has 0 aromatic rings. The van der Waals surface area contributed by atoms with Gasteiger partial charge in [-0.05, 0) is 63.7 Å². The van der Waals surface area contributed by atoms with Gasteiger partial charge in [0.25, 0.3) is 0 Å². The largest absolute Gasteiger partial charge is 0.317 e. The summed E-state index contributed by atoms with van der Waals surface area (Å²) >= 11 is 0. The van der Waals surface area contributed by atoms with Crippen LogP contribution >= 0.6 is 0 Å². The Morgan fingerprint density at radius 1 is 1.00 bits per heavy atom. The third-order valence-corrected chi connectivity index (χ3v) is 3.55. The van der Waals surface area contributed by atoms with Crippen LogP contribution in [0, 0.1) is 11.8 Å². The monoisotopic (exact) mass is 196 g/mol. The fraction of sp³-hybridized carbons (Fsp3) is 1.00. The van der Waals surface area contributed by atoms with Crippen molar-refractivity contribution in [2.45, 2.75) is 38.5 Å². The van der Waals surface area contributed by atoms with E-state index in [4.69, 9.17) is 0 Å². The Morgan fingerprint density at radius 2 is 1.79 bits per heavy atom. The average molecular weight is 196 g/mol. The summed E-state index contributed by atoms with van der Waals surface area (Å²) in [5.41, 5.74) is 0. The van der Waals surface area contributed by atoms with E-state index >= 15 is 0 Å². The first-order valence-electron chi connectivity index (χ1n) is 6.36. The molecule has 2 rings (SSSR count). The molecule has 2 aliphatic rings. The van der Waals surface area contributed by atoms with Gasteiger partial charge in [-0.25, -0.2) is 0 Å². The molecular formula is C12H24N2. The van der Waals surface area contributed by atoms with Crippen LogP contribution in [0.5, 0.6) is 0 Å². The van der Waals surface area contributed by atoms with Crippen LogP contribution in [0.2, 0.25) is 0 Å². The summed E-state index contributed by atoms with van der Waals surface area (Å²) in [4.78, 5) is 0. The molecule has 2 N–H and O–H groups in total. The van der Waals surface area contributed by atoms with Gasteiger partial charge in [-0.3, -0.25) is 0 Å². The molecule has 1 atom stereocenters. The maximum Gasteiger partial charge on any atom is -0.00200 e. The second kappa shape index (κ2) is 5.72. The first-order chi connectivity index (χ1) is 6.95. The van der Waals surface area contributed by atoms with Gasteiger partial charge >= 0.3 is 0 Å². The minimum Gasteiger partial charge on any atom is -0.317 e. The molecule has 0 bridgehead atoms. The number of piperidine rings is 1. The standard InChI is InChI=1S/C12H24N2/c1-2-12(10-14-7-1)6-9-13-8-5-11-3-4-11/h11-14H,1-10H2. The molecule has 1 saturated heterocycles. The van der Waals surface area contributed by atoms with Crippen LogP contribution in [-0.2, 0) is 0 Å². The summed E-state index contributed by atoms with van der Waals surface area (Å²) in [6, 6.07) is 0. The summed E-state index contributed by atoms with van der Waals surface area (Å²) in [5.74, 6) is 2.02. The van der Waals surface area contributed by atoms with E-state index in [9.17, 15) is 0 Å². The molecule has 14 heavy (non-hydrogen) atoms. The van der Waals surface area contributed by atoms with Gasteiger partial charge in [-0.15, -0.1) is 0 Å². The van der Waals surface area contributed by atoms with Crippen molar-refractivity contribution in [3.05, 3.63) is 0 Å². The molecule has 2 nitrogen and oxygen atoms in total. The lowest BCUT2D eigenvalue weighted by molar-refractivity contribution is 0.351. The molecule has 1 heterocycles. The first kappa shape index (κ1) is 10.4. The second-order valence-electron chi connectivity index (χ2n) is 4.98. The molecule has 1 aliphatic carbocycles. The van der Waals surface area contributed by atoms with Gasteiger partial charge in [0.05, 0.1) is 0 Å². The molecule has 0 aromatic carbocycles. The van der Waals surface area contributed by atoms with Crippen molar-refractivity contribution in [3.8, 4) is 0 Å². The van der Waals surface area contributed by atoms with E-state index in [0.717, 1.165) is 11.8 Å². The maximum absolute atomic E-state index is 3.58. The van der Waals surface area contributed by atoms with Crippen LogP contribution < -0.4 is 10.6 Å². The lowest BCUT2D eigenvalue weighted by Crippen LogP contribution is -2.32. The van der Waals surface area contributed by atoms with Crippen molar-refractivity contribution in [3.63, 3.8) is 0 Å². The minimum absolute atomic E-state index is 0.942. The molecule has 82 valence electrons. The first-order valence-corrected chi connectivity index (χ1v) is 6.36. The third-order valence-electron chi connectivity index (χ3n) is 3.55. The van der Waals surface area contributed by atoms with E-state index in [2.05, 4.69) is 10.6 Å². The quantitative estimate of drug-likeness (QED) is 0.633. The lowest BCUT2D eigenvalue weighted by atomic mass is 9.96. The Hall–Kier alpha value is -0.0800. The van der Waals surface area contributed by atoms with Crippen LogP contribution in [0.3, 0.4) is 0 Å². The van der Waals surface area contributed by atoms with Crippen LogP contribution in [-0.4, -0.2) is 26.2 Å². The summed E-state index contributed by atoms with van der Waals surface area (Å²) in [5, 5.41) is 7.05. The molecule has 1 saturated carbocycles. The van der Waals surface area contributed by atoms with Gasteiger partial charge in [0, 0.05) is 0 Å². The zero-order valence-corrected chi connectivity index (χ0v) is 9.23. The SMILES string of the molecule is C1CNCC(CCNCCC2CC2)C1. The fourth-order valence-electron chi connectivity index (χ4n) is 2.31. The van der Waals surface area contributed by atoms with Gasteiger partial charge in [0.1, 0.15) is 0 Å². The van der Waals surface area contributed by atoms with E-state index in [0.29, 0.717) is 0 Å². The van der Waals surface area contributed by atoms with Gasteiger partial charge in [0.15, 0.2) is 0 Å². The third kappa shape index (κ3) is 3.97. The average Bonchev–Trinajstić information content (AvgIpc) is 3.03. The van der Waals surface area contributed by atoms with Crippen molar-refractivity contribution in [2.75, 3.05) is 26.2 Å². The number of hydrogen-bond acceptors (Lipinski definition) is 2. The fourth-order valence-corrected chi connectivity index (χ4v) is 2.31. The van der Waals surface area contributed by atoms with Gasteiger partial charge in [0.2, 0.25) is 0 Å². The molecular weight excluding hydrogens is 172 g/mol.